The van der Waals surface area contributed by atoms with Gasteiger partial charge in [-0.15, -0.1) is 0 Å². The molecule has 0 N–H and O–H groups in total. The molecule has 2 aliphatic rings. The Morgan fingerprint density at radius 1 is 0.380 bits per heavy atom. The Morgan fingerprint density at radius 3 is 1.50 bits per heavy atom. The largest absolute Gasteiger partial charge is 0.0616 e. The topological polar surface area (TPSA) is 0 Å². The highest BCUT2D eigenvalue weighted by Gasteiger charge is 2.42. The van der Waals surface area contributed by atoms with Gasteiger partial charge in [-0.3, -0.25) is 0 Å². The fourth-order valence-electron chi connectivity index (χ4n) is 8.94. The van der Waals surface area contributed by atoms with Gasteiger partial charge in [-0.25, -0.2) is 0 Å². The van der Waals surface area contributed by atoms with Crippen molar-refractivity contribution in [3.8, 4) is 22.3 Å². The molecule has 8 aromatic carbocycles. The first-order valence-corrected chi connectivity index (χ1v) is 18.0. The van der Waals surface area contributed by atoms with Gasteiger partial charge in [0.2, 0.25) is 0 Å². The number of aryl methyl sites for hydroxylation is 1. The van der Waals surface area contributed by atoms with Crippen LogP contribution in [0.1, 0.15) is 66.6 Å². The predicted octanol–water partition coefficient (Wildman–Crippen LogP) is 13.3. The van der Waals surface area contributed by atoms with Crippen molar-refractivity contribution in [1.29, 1.82) is 0 Å². The van der Waals surface area contributed by atoms with Crippen LogP contribution in [0.15, 0.2) is 152 Å². The van der Waals surface area contributed by atoms with Crippen LogP contribution in [0.4, 0.5) is 0 Å². The van der Waals surface area contributed by atoms with Crippen LogP contribution in [-0.2, 0) is 17.3 Å². The van der Waals surface area contributed by atoms with Gasteiger partial charge < -0.3 is 0 Å². The first-order chi connectivity index (χ1) is 24.2. The Morgan fingerprint density at radius 2 is 0.860 bits per heavy atom. The SMILES string of the molecule is Cc1ccc2c(c1)C(C)(C)c1cc3c(cc1-2)C(C)(C)c1ccc2ccccc2c1-3.c1ccc2c(Cc3cccc4ccccc34)cccc2c1. The van der Waals surface area contributed by atoms with Crippen LogP contribution in [-0.4, -0.2) is 0 Å². The standard InChI is InChI=1S/C29H26.C21H16/c1-17-10-12-20-21-15-26-22(16-25(21)29(4,5)24(20)14-17)27-19-9-7-6-8-18(19)11-13-23(27)28(26,2)3;1-3-13-20-16(7-1)9-5-11-18(20)15-19-12-6-10-17-8-2-4-14-21(17)19/h6-16H,1-5H3;1-14H,15H2. The molecule has 0 heterocycles. The van der Waals surface area contributed by atoms with Crippen molar-refractivity contribution in [3.05, 3.63) is 191 Å². The smallest absolute Gasteiger partial charge is 0.0159 e. The molecule has 0 nitrogen and oxygen atoms in total. The molecule has 0 atom stereocenters. The third-order valence-electron chi connectivity index (χ3n) is 11.7. The molecule has 242 valence electrons. The van der Waals surface area contributed by atoms with Crippen molar-refractivity contribution >= 4 is 32.3 Å². The second-order valence-electron chi connectivity index (χ2n) is 15.4. The molecule has 0 fully saturated rings. The summed E-state index contributed by atoms with van der Waals surface area (Å²) in [5.74, 6) is 0. The molecule has 2 aliphatic carbocycles. The molecule has 0 radical (unpaired) electrons. The summed E-state index contributed by atoms with van der Waals surface area (Å²) in [5, 5.41) is 8.04. The lowest BCUT2D eigenvalue weighted by molar-refractivity contribution is 0.652. The first-order valence-electron chi connectivity index (χ1n) is 18.0. The van der Waals surface area contributed by atoms with E-state index in [4.69, 9.17) is 0 Å². The van der Waals surface area contributed by atoms with Gasteiger partial charge in [-0.05, 0) is 113 Å². The van der Waals surface area contributed by atoms with Crippen molar-refractivity contribution < 1.29 is 0 Å². The summed E-state index contributed by atoms with van der Waals surface area (Å²) in [6, 6.07) is 55.9. The highest BCUT2D eigenvalue weighted by Crippen LogP contribution is 2.57. The molecule has 50 heavy (non-hydrogen) atoms. The van der Waals surface area contributed by atoms with E-state index in [2.05, 4.69) is 186 Å². The van der Waals surface area contributed by atoms with Gasteiger partial charge >= 0.3 is 0 Å². The van der Waals surface area contributed by atoms with Crippen LogP contribution in [0, 0.1) is 6.92 Å². The molecule has 8 aromatic rings. The zero-order valence-electron chi connectivity index (χ0n) is 29.6. The maximum Gasteiger partial charge on any atom is 0.0159 e. The van der Waals surface area contributed by atoms with Crippen molar-refractivity contribution in [2.75, 3.05) is 0 Å². The Balaban J connectivity index is 0.000000142. The summed E-state index contributed by atoms with van der Waals surface area (Å²) in [4.78, 5) is 0. The second kappa shape index (κ2) is 11.3. The minimum Gasteiger partial charge on any atom is -0.0616 e. The molecule has 10 rings (SSSR count). The fraction of sp³-hybridized carbons (Fsp3) is 0.160. The van der Waals surface area contributed by atoms with Crippen LogP contribution < -0.4 is 0 Å². The lowest BCUT2D eigenvalue weighted by atomic mass is 9.79. The number of rotatable bonds is 2. The van der Waals surface area contributed by atoms with E-state index in [0.29, 0.717) is 0 Å². The van der Waals surface area contributed by atoms with E-state index >= 15 is 0 Å². The quantitative estimate of drug-likeness (QED) is 0.176. The number of benzene rings is 8. The van der Waals surface area contributed by atoms with Gasteiger partial charge in [0.1, 0.15) is 0 Å². The average Bonchev–Trinajstić information content (AvgIpc) is 3.50. The highest BCUT2D eigenvalue weighted by molar-refractivity contribution is 6.03. The lowest BCUT2D eigenvalue weighted by Crippen LogP contribution is -2.17. The van der Waals surface area contributed by atoms with Crippen LogP contribution in [0.2, 0.25) is 0 Å². The molecule has 0 amide bonds. The Kier molecular flexibility index (Phi) is 6.91. The van der Waals surface area contributed by atoms with Crippen molar-refractivity contribution in [1.82, 2.24) is 0 Å². The molecular weight excluding hydrogens is 601 g/mol. The van der Waals surface area contributed by atoms with E-state index < -0.39 is 0 Å². The summed E-state index contributed by atoms with van der Waals surface area (Å²) in [5.41, 5.74) is 15.7. The maximum absolute atomic E-state index is 2.51. The predicted molar refractivity (Wildman–Crippen MR) is 215 cm³/mol. The summed E-state index contributed by atoms with van der Waals surface area (Å²) < 4.78 is 0. The van der Waals surface area contributed by atoms with Gasteiger partial charge in [0.15, 0.2) is 0 Å². The van der Waals surface area contributed by atoms with Crippen molar-refractivity contribution in [2.24, 2.45) is 0 Å². The third kappa shape index (κ3) is 4.66. The van der Waals surface area contributed by atoms with Gasteiger partial charge in [0.25, 0.3) is 0 Å². The Hall–Kier alpha value is -5.46. The summed E-state index contributed by atoms with van der Waals surface area (Å²) >= 11 is 0. The number of hydrogen-bond acceptors (Lipinski definition) is 0. The minimum absolute atomic E-state index is 0.0152. The van der Waals surface area contributed by atoms with Gasteiger partial charge in [-0.1, -0.05) is 173 Å². The normalized spacial score (nSPS) is 14.5. The fourth-order valence-corrected chi connectivity index (χ4v) is 8.94. The molecule has 0 spiro atoms. The maximum atomic E-state index is 2.51. The molecule has 0 unspecified atom stereocenters. The van der Waals surface area contributed by atoms with E-state index in [1.165, 1.54) is 93.5 Å². The first kappa shape index (κ1) is 30.6. The molecule has 0 aromatic heterocycles. The van der Waals surface area contributed by atoms with Crippen molar-refractivity contribution in [3.63, 3.8) is 0 Å². The minimum atomic E-state index is 0.0152. The summed E-state index contributed by atoms with van der Waals surface area (Å²) in [7, 11) is 0. The van der Waals surface area contributed by atoms with Crippen LogP contribution in [0.3, 0.4) is 0 Å². The Bertz CT molecular complexity index is 2540. The van der Waals surface area contributed by atoms with E-state index in [0.717, 1.165) is 6.42 Å². The average molecular weight is 643 g/mol. The zero-order valence-corrected chi connectivity index (χ0v) is 29.6. The molecule has 0 aliphatic heterocycles. The van der Waals surface area contributed by atoms with Gasteiger partial charge in [0.05, 0.1) is 0 Å². The van der Waals surface area contributed by atoms with Crippen LogP contribution >= 0.6 is 0 Å². The number of fused-ring (bicyclic) bond motifs is 10. The summed E-state index contributed by atoms with van der Waals surface area (Å²) in [6.07, 6.45) is 0.975. The monoisotopic (exact) mass is 642 g/mol. The van der Waals surface area contributed by atoms with E-state index in [1.807, 2.05) is 0 Å². The number of hydrogen-bond donors (Lipinski definition) is 0. The lowest BCUT2D eigenvalue weighted by Gasteiger charge is -2.24. The zero-order chi connectivity index (χ0) is 34.2. The Labute approximate surface area is 296 Å². The van der Waals surface area contributed by atoms with E-state index in [1.54, 1.807) is 0 Å². The van der Waals surface area contributed by atoms with Crippen molar-refractivity contribution in [2.45, 2.75) is 51.9 Å². The molecule has 0 heteroatoms. The van der Waals surface area contributed by atoms with Gasteiger partial charge in [-0.2, -0.15) is 0 Å². The van der Waals surface area contributed by atoms with E-state index in [9.17, 15) is 0 Å². The molecular formula is C50H42. The van der Waals surface area contributed by atoms with E-state index in [-0.39, 0.29) is 10.8 Å². The summed E-state index contributed by atoms with van der Waals surface area (Å²) in [6.45, 7) is 11.7. The van der Waals surface area contributed by atoms with Gasteiger partial charge in [0, 0.05) is 10.8 Å². The highest BCUT2D eigenvalue weighted by atomic mass is 14.4. The second-order valence-corrected chi connectivity index (χ2v) is 15.4. The van der Waals surface area contributed by atoms with Crippen LogP contribution in [0.25, 0.3) is 54.6 Å². The molecule has 0 bridgehead atoms. The third-order valence-corrected chi connectivity index (χ3v) is 11.7. The molecule has 0 saturated heterocycles. The van der Waals surface area contributed by atoms with Crippen LogP contribution in [0.5, 0.6) is 0 Å². The molecule has 0 saturated carbocycles.